The zero-order chi connectivity index (χ0) is 19.6. The Kier molecular flexibility index (Phi) is 5.19. The first kappa shape index (κ1) is 18.5. The number of methoxy groups -OCH3 is 3. The van der Waals surface area contributed by atoms with Gasteiger partial charge in [0, 0.05) is 13.2 Å². The van der Waals surface area contributed by atoms with Gasteiger partial charge in [-0.2, -0.15) is 4.99 Å². The highest BCUT2D eigenvalue weighted by molar-refractivity contribution is 7.16. The molecule has 0 aliphatic carbocycles. The van der Waals surface area contributed by atoms with E-state index in [0.717, 1.165) is 10.2 Å². The number of rotatable bonds is 5. The van der Waals surface area contributed by atoms with Crippen LogP contribution in [-0.2, 0) is 13.6 Å². The first-order valence-corrected chi connectivity index (χ1v) is 8.70. The number of thiazole rings is 1. The number of carbonyl (C=O) groups excluding carboxylic acids is 1. The number of hydrogen-bond donors (Lipinski definition) is 0. The SMILES string of the molecule is C#CCn1c(=NC(=O)c2cn(C)nc2OC)sc2c(OC)ccc(OC)c21. The van der Waals surface area contributed by atoms with Crippen LogP contribution in [0.25, 0.3) is 10.2 Å². The lowest BCUT2D eigenvalue weighted by Gasteiger charge is -2.08. The first-order valence-electron chi connectivity index (χ1n) is 7.88. The van der Waals surface area contributed by atoms with E-state index >= 15 is 0 Å². The average Bonchev–Trinajstić information content (AvgIpc) is 3.22. The standard InChI is InChI=1S/C18H18N4O4S/c1-6-9-22-14-12(24-3)7-8-13(25-4)15(14)27-18(22)19-16(23)11-10-21(2)20-17(11)26-5/h1,7-8,10H,9H2,2-5H3. The number of benzene rings is 1. The molecule has 2 heterocycles. The second-order valence-corrected chi connectivity index (χ2v) is 6.44. The van der Waals surface area contributed by atoms with Crippen molar-refractivity contribution in [2.45, 2.75) is 6.54 Å². The summed E-state index contributed by atoms with van der Waals surface area (Å²) in [5.41, 5.74) is 0.994. The van der Waals surface area contributed by atoms with E-state index in [1.165, 1.54) is 23.1 Å². The molecule has 8 nitrogen and oxygen atoms in total. The van der Waals surface area contributed by atoms with Crippen molar-refractivity contribution in [2.24, 2.45) is 12.0 Å². The van der Waals surface area contributed by atoms with Gasteiger partial charge in [0.05, 0.1) is 27.9 Å². The molecule has 0 aliphatic heterocycles. The molecule has 1 aromatic carbocycles. The molecule has 0 atom stereocenters. The average molecular weight is 386 g/mol. The highest BCUT2D eigenvalue weighted by atomic mass is 32.1. The largest absolute Gasteiger partial charge is 0.495 e. The predicted octanol–water partition coefficient (Wildman–Crippen LogP) is 1.84. The Morgan fingerprint density at radius 3 is 2.59 bits per heavy atom. The summed E-state index contributed by atoms with van der Waals surface area (Å²) in [6.45, 7) is 0.222. The second kappa shape index (κ2) is 7.55. The van der Waals surface area contributed by atoms with E-state index in [1.807, 2.05) is 0 Å². The first-order chi connectivity index (χ1) is 13.0. The van der Waals surface area contributed by atoms with Gasteiger partial charge in [-0.3, -0.25) is 9.48 Å². The van der Waals surface area contributed by atoms with Crippen molar-refractivity contribution in [3.63, 3.8) is 0 Å². The van der Waals surface area contributed by atoms with Gasteiger partial charge < -0.3 is 18.8 Å². The van der Waals surface area contributed by atoms with Gasteiger partial charge in [0.15, 0.2) is 4.80 Å². The molecular weight excluding hydrogens is 368 g/mol. The number of aryl methyl sites for hydroxylation is 1. The van der Waals surface area contributed by atoms with Crippen molar-refractivity contribution in [3.8, 4) is 29.7 Å². The number of fused-ring (bicyclic) bond motifs is 1. The molecule has 0 radical (unpaired) electrons. The molecule has 0 N–H and O–H groups in total. The number of aromatic nitrogens is 3. The minimum absolute atomic E-state index is 0.214. The Bertz CT molecular complexity index is 1120. The molecule has 27 heavy (non-hydrogen) atoms. The van der Waals surface area contributed by atoms with E-state index in [-0.39, 0.29) is 18.0 Å². The van der Waals surface area contributed by atoms with Gasteiger partial charge in [-0.25, -0.2) is 0 Å². The third-order valence-electron chi connectivity index (χ3n) is 3.86. The highest BCUT2D eigenvalue weighted by Gasteiger charge is 2.19. The van der Waals surface area contributed by atoms with Crippen molar-refractivity contribution in [3.05, 3.63) is 28.7 Å². The number of terminal acetylenes is 1. The fourth-order valence-electron chi connectivity index (χ4n) is 2.69. The maximum atomic E-state index is 12.7. The summed E-state index contributed by atoms with van der Waals surface area (Å²) in [6.07, 6.45) is 7.09. The van der Waals surface area contributed by atoms with Crippen molar-refractivity contribution in [1.29, 1.82) is 0 Å². The monoisotopic (exact) mass is 386 g/mol. The van der Waals surface area contributed by atoms with E-state index in [0.29, 0.717) is 16.3 Å². The van der Waals surface area contributed by atoms with Crippen LogP contribution in [0.5, 0.6) is 17.4 Å². The van der Waals surface area contributed by atoms with E-state index < -0.39 is 5.91 Å². The molecule has 140 valence electrons. The van der Waals surface area contributed by atoms with Gasteiger partial charge in [-0.1, -0.05) is 17.3 Å². The van der Waals surface area contributed by atoms with E-state index in [9.17, 15) is 4.79 Å². The van der Waals surface area contributed by atoms with Crippen LogP contribution in [0.1, 0.15) is 10.4 Å². The van der Waals surface area contributed by atoms with Gasteiger partial charge >= 0.3 is 0 Å². The topological polar surface area (TPSA) is 79.9 Å². The number of carbonyl (C=O) groups is 1. The Morgan fingerprint density at radius 2 is 1.96 bits per heavy atom. The molecule has 0 fully saturated rings. The molecule has 0 saturated heterocycles. The van der Waals surface area contributed by atoms with Crippen LogP contribution in [0.3, 0.4) is 0 Å². The van der Waals surface area contributed by atoms with E-state index in [1.54, 1.807) is 44.2 Å². The Balaban J connectivity index is 2.27. The summed E-state index contributed by atoms with van der Waals surface area (Å²) >= 11 is 1.29. The van der Waals surface area contributed by atoms with Crippen LogP contribution in [-0.4, -0.2) is 41.6 Å². The van der Waals surface area contributed by atoms with Crippen LogP contribution >= 0.6 is 11.3 Å². The highest BCUT2D eigenvalue weighted by Crippen LogP contribution is 2.35. The van der Waals surface area contributed by atoms with Gasteiger partial charge in [0.2, 0.25) is 5.88 Å². The smallest absolute Gasteiger partial charge is 0.286 e. The predicted molar refractivity (Wildman–Crippen MR) is 101 cm³/mol. The summed E-state index contributed by atoms with van der Waals surface area (Å²) in [7, 11) is 6.30. The summed E-state index contributed by atoms with van der Waals surface area (Å²) < 4.78 is 20.1. The third kappa shape index (κ3) is 3.27. The zero-order valence-corrected chi connectivity index (χ0v) is 16.2. The summed E-state index contributed by atoms with van der Waals surface area (Å²) in [5.74, 6) is 3.59. The number of nitrogens with zero attached hydrogens (tertiary/aromatic N) is 4. The zero-order valence-electron chi connectivity index (χ0n) is 15.3. The molecule has 2 aromatic heterocycles. The van der Waals surface area contributed by atoms with Crippen molar-refractivity contribution in [2.75, 3.05) is 21.3 Å². The molecule has 3 aromatic rings. The molecule has 9 heteroatoms. The maximum absolute atomic E-state index is 12.7. The summed E-state index contributed by atoms with van der Waals surface area (Å²) in [4.78, 5) is 17.4. The van der Waals surface area contributed by atoms with Gasteiger partial charge in [0.1, 0.15) is 27.3 Å². The second-order valence-electron chi connectivity index (χ2n) is 5.47. The molecule has 0 unspecified atom stereocenters. The Morgan fingerprint density at radius 1 is 1.26 bits per heavy atom. The molecule has 0 aliphatic rings. The van der Waals surface area contributed by atoms with Crippen LogP contribution in [0.4, 0.5) is 0 Å². The van der Waals surface area contributed by atoms with Crippen molar-refractivity contribution < 1.29 is 19.0 Å². The number of hydrogen-bond acceptors (Lipinski definition) is 6. The Labute approximate surface area is 159 Å². The molecule has 3 rings (SSSR count). The van der Waals surface area contributed by atoms with Crippen LogP contribution in [0.2, 0.25) is 0 Å². The molecular formula is C18H18N4O4S. The van der Waals surface area contributed by atoms with Crippen LogP contribution in [0.15, 0.2) is 23.3 Å². The summed E-state index contributed by atoms with van der Waals surface area (Å²) in [5, 5.41) is 4.09. The van der Waals surface area contributed by atoms with E-state index in [2.05, 4.69) is 16.0 Å². The Hall–Kier alpha value is -3.25. The molecule has 0 spiro atoms. The minimum Gasteiger partial charge on any atom is -0.495 e. The summed E-state index contributed by atoms with van der Waals surface area (Å²) in [6, 6.07) is 3.59. The fourth-order valence-corrected chi connectivity index (χ4v) is 3.83. The number of ether oxygens (including phenoxy) is 3. The number of amides is 1. The fraction of sp³-hybridized carbons (Fsp3) is 0.278. The lowest BCUT2D eigenvalue weighted by atomic mass is 10.3. The molecule has 0 saturated carbocycles. The minimum atomic E-state index is -0.477. The normalized spacial score (nSPS) is 11.4. The van der Waals surface area contributed by atoms with Crippen LogP contribution in [0, 0.1) is 12.3 Å². The lowest BCUT2D eigenvalue weighted by molar-refractivity contribution is 0.0995. The van der Waals surface area contributed by atoms with Crippen molar-refractivity contribution in [1.82, 2.24) is 14.3 Å². The van der Waals surface area contributed by atoms with Crippen molar-refractivity contribution >= 4 is 27.5 Å². The molecule has 1 amide bonds. The third-order valence-corrected chi connectivity index (χ3v) is 4.95. The van der Waals surface area contributed by atoms with Gasteiger partial charge in [-0.15, -0.1) is 11.5 Å². The lowest BCUT2D eigenvalue weighted by Crippen LogP contribution is -2.17. The quantitative estimate of drug-likeness (QED) is 0.625. The molecule has 0 bridgehead atoms. The van der Waals surface area contributed by atoms with E-state index in [4.69, 9.17) is 20.6 Å². The van der Waals surface area contributed by atoms with Crippen LogP contribution < -0.4 is 19.0 Å². The van der Waals surface area contributed by atoms with Gasteiger partial charge in [0.25, 0.3) is 5.91 Å². The maximum Gasteiger partial charge on any atom is 0.286 e. The van der Waals surface area contributed by atoms with Gasteiger partial charge in [-0.05, 0) is 12.1 Å².